The Labute approximate surface area is 150 Å². The number of amides is 2. The molecule has 5 heteroatoms. The summed E-state index contributed by atoms with van der Waals surface area (Å²) in [7, 11) is 0. The maximum absolute atomic E-state index is 12.1. The lowest BCUT2D eigenvalue weighted by Gasteiger charge is -2.38. The van der Waals surface area contributed by atoms with Crippen molar-refractivity contribution in [3.8, 4) is 0 Å². The van der Waals surface area contributed by atoms with Crippen molar-refractivity contribution in [2.24, 2.45) is 5.41 Å². The van der Waals surface area contributed by atoms with Gasteiger partial charge in [0.25, 0.3) is 0 Å². The van der Waals surface area contributed by atoms with Crippen LogP contribution in [0.25, 0.3) is 0 Å². The average molecular weight is 343 g/mol. The summed E-state index contributed by atoms with van der Waals surface area (Å²) in [5.74, 6) is 0. The van der Waals surface area contributed by atoms with Crippen LogP contribution in [0.5, 0.6) is 0 Å². The maximum Gasteiger partial charge on any atom is 0.315 e. The van der Waals surface area contributed by atoms with Crippen LogP contribution >= 0.6 is 0 Å². The van der Waals surface area contributed by atoms with E-state index in [1.165, 1.54) is 5.69 Å². The van der Waals surface area contributed by atoms with Crippen LogP contribution in [0.2, 0.25) is 0 Å². The minimum atomic E-state index is -0.327. The summed E-state index contributed by atoms with van der Waals surface area (Å²) in [6, 6.07) is 8.11. The molecule has 0 spiro atoms. The largest absolute Gasteiger partial charge is 0.392 e. The van der Waals surface area contributed by atoms with Gasteiger partial charge in [-0.25, -0.2) is 4.79 Å². The lowest BCUT2D eigenvalue weighted by Crippen LogP contribution is -2.47. The highest BCUT2D eigenvalue weighted by atomic mass is 16.3. The first-order chi connectivity index (χ1) is 12.1. The molecule has 2 atom stereocenters. The van der Waals surface area contributed by atoms with Crippen LogP contribution in [0.15, 0.2) is 36.4 Å². The van der Waals surface area contributed by atoms with E-state index in [9.17, 15) is 9.90 Å². The second-order valence-electron chi connectivity index (χ2n) is 7.50. The number of aliphatic hydroxyl groups excluding tert-OH is 1. The molecule has 1 aliphatic heterocycles. The Morgan fingerprint density at radius 2 is 2.08 bits per heavy atom. The Balaban J connectivity index is 1.46. The summed E-state index contributed by atoms with van der Waals surface area (Å²) in [6.45, 7) is 4.96. The Hall–Kier alpha value is -2.01. The number of rotatable bonds is 5. The minimum absolute atomic E-state index is 0.174. The number of hydrogen-bond donors (Lipinski definition) is 3. The number of hydrogen-bond acceptors (Lipinski definition) is 3. The van der Waals surface area contributed by atoms with E-state index in [4.69, 9.17) is 0 Å². The SMILES string of the molecule is CC1(CNC(=O)NCc2cccc(N3CC=CC3)c2)CCCCC1O. The summed E-state index contributed by atoms with van der Waals surface area (Å²) >= 11 is 0. The van der Waals surface area contributed by atoms with Crippen molar-refractivity contribution in [3.63, 3.8) is 0 Å². The van der Waals surface area contributed by atoms with E-state index in [1.54, 1.807) is 0 Å². The molecular weight excluding hydrogens is 314 g/mol. The van der Waals surface area contributed by atoms with Gasteiger partial charge in [-0.3, -0.25) is 0 Å². The fourth-order valence-corrected chi connectivity index (χ4v) is 3.67. The highest BCUT2D eigenvalue weighted by Crippen LogP contribution is 2.35. The monoisotopic (exact) mass is 343 g/mol. The molecule has 3 N–H and O–H groups in total. The smallest absolute Gasteiger partial charge is 0.315 e. The number of carbonyl (C=O) groups excluding carboxylic acids is 1. The normalized spacial score (nSPS) is 25.8. The lowest BCUT2D eigenvalue weighted by atomic mass is 9.73. The zero-order valence-electron chi connectivity index (χ0n) is 15.0. The first-order valence-electron chi connectivity index (χ1n) is 9.25. The van der Waals surface area contributed by atoms with E-state index in [-0.39, 0.29) is 17.6 Å². The van der Waals surface area contributed by atoms with Crippen molar-refractivity contribution in [2.75, 3.05) is 24.5 Å². The van der Waals surface area contributed by atoms with Gasteiger partial charge in [-0.2, -0.15) is 0 Å². The Morgan fingerprint density at radius 1 is 1.28 bits per heavy atom. The Kier molecular flexibility index (Phi) is 5.63. The molecule has 0 aromatic heterocycles. The van der Waals surface area contributed by atoms with Crippen molar-refractivity contribution < 1.29 is 9.90 Å². The molecule has 3 rings (SSSR count). The summed E-state index contributed by atoms with van der Waals surface area (Å²) in [4.78, 5) is 14.4. The number of benzene rings is 1. The average Bonchev–Trinajstić information content (AvgIpc) is 3.16. The van der Waals surface area contributed by atoms with Gasteiger partial charge in [-0.1, -0.05) is 44.1 Å². The van der Waals surface area contributed by atoms with Crippen molar-refractivity contribution in [1.82, 2.24) is 10.6 Å². The van der Waals surface area contributed by atoms with Gasteiger partial charge in [0.15, 0.2) is 0 Å². The van der Waals surface area contributed by atoms with Crippen molar-refractivity contribution in [2.45, 2.75) is 45.3 Å². The van der Waals surface area contributed by atoms with Crippen LogP contribution in [0, 0.1) is 5.41 Å². The predicted octanol–water partition coefficient (Wildman–Crippen LogP) is 2.80. The van der Waals surface area contributed by atoms with Crippen LogP contribution in [-0.4, -0.2) is 36.9 Å². The Morgan fingerprint density at radius 3 is 2.84 bits per heavy atom. The van der Waals surface area contributed by atoms with E-state index in [1.807, 2.05) is 12.1 Å². The molecule has 2 amide bonds. The highest BCUT2D eigenvalue weighted by Gasteiger charge is 2.35. The second-order valence-corrected chi connectivity index (χ2v) is 7.50. The molecule has 25 heavy (non-hydrogen) atoms. The standard InChI is InChI=1S/C20H29N3O2/c1-20(10-3-2-9-18(20)24)15-22-19(25)21-14-16-7-6-8-17(13-16)23-11-4-5-12-23/h4-8,13,18,24H,2-3,9-12,14-15H2,1H3,(H2,21,22,25). The van der Waals surface area contributed by atoms with Crippen LogP contribution < -0.4 is 15.5 Å². The van der Waals surface area contributed by atoms with Crippen molar-refractivity contribution in [1.29, 1.82) is 0 Å². The van der Waals surface area contributed by atoms with E-state index in [2.05, 4.69) is 46.7 Å². The molecule has 1 fully saturated rings. The predicted molar refractivity (Wildman–Crippen MR) is 101 cm³/mol. The fraction of sp³-hybridized carbons (Fsp3) is 0.550. The third-order valence-corrected chi connectivity index (χ3v) is 5.48. The molecule has 1 aliphatic carbocycles. The molecule has 0 bridgehead atoms. The number of anilines is 1. The molecule has 5 nitrogen and oxygen atoms in total. The third kappa shape index (κ3) is 4.54. The Bertz CT molecular complexity index is 623. The number of nitrogens with zero attached hydrogens (tertiary/aromatic N) is 1. The van der Waals surface area contributed by atoms with E-state index in [0.29, 0.717) is 13.1 Å². The number of urea groups is 1. The quantitative estimate of drug-likeness (QED) is 0.720. The van der Waals surface area contributed by atoms with Crippen LogP contribution in [-0.2, 0) is 6.54 Å². The van der Waals surface area contributed by atoms with Gasteiger partial charge in [0.05, 0.1) is 6.10 Å². The minimum Gasteiger partial charge on any atom is -0.392 e. The zero-order chi connectivity index (χ0) is 17.7. The zero-order valence-corrected chi connectivity index (χ0v) is 15.0. The molecule has 2 aliphatic rings. The van der Waals surface area contributed by atoms with E-state index in [0.717, 1.165) is 44.3 Å². The second kappa shape index (κ2) is 7.91. The molecule has 136 valence electrons. The van der Waals surface area contributed by atoms with Crippen LogP contribution in [0.1, 0.15) is 38.2 Å². The highest BCUT2D eigenvalue weighted by molar-refractivity contribution is 5.74. The molecule has 0 saturated heterocycles. The van der Waals surface area contributed by atoms with Gasteiger partial charge in [0.1, 0.15) is 0 Å². The lowest BCUT2D eigenvalue weighted by molar-refractivity contribution is 0.00309. The van der Waals surface area contributed by atoms with Gasteiger partial charge in [0, 0.05) is 37.3 Å². The van der Waals surface area contributed by atoms with Gasteiger partial charge in [0.2, 0.25) is 0 Å². The number of aliphatic hydroxyl groups is 1. The number of carbonyl (C=O) groups is 1. The molecule has 2 unspecified atom stereocenters. The van der Waals surface area contributed by atoms with E-state index < -0.39 is 0 Å². The molecule has 1 heterocycles. The first kappa shape index (κ1) is 17.8. The maximum atomic E-state index is 12.1. The first-order valence-corrected chi connectivity index (χ1v) is 9.25. The van der Waals surface area contributed by atoms with Crippen LogP contribution in [0.3, 0.4) is 0 Å². The van der Waals surface area contributed by atoms with Gasteiger partial charge < -0.3 is 20.6 Å². The summed E-state index contributed by atoms with van der Waals surface area (Å²) in [5.41, 5.74) is 2.06. The van der Waals surface area contributed by atoms with Crippen LogP contribution in [0.4, 0.5) is 10.5 Å². The third-order valence-electron chi connectivity index (χ3n) is 5.48. The molecular formula is C20H29N3O2. The van der Waals surface area contributed by atoms with Crippen molar-refractivity contribution in [3.05, 3.63) is 42.0 Å². The van der Waals surface area contributed by atoms with Crippen molar-refractivity contribution >= 4 is 11.7 Å². The summed E-state index contributed by atoms with van der Waals surface area (Å²) in [5, 5.41) is 16.1. The van der Waals surface area contributed by atoms with Gasteiger partial charge in [-0.05, 0) is 30.5 Å². The topological polar surface area (TPSA) is 64.6 Å². The summed E-state index contributed by atoms with van der Waals surface area (Å²) in [6.07, 6.45) is 7.99. The molecule has 1 saturated carbocycles. The molecule has 1 aromatic carbocycles. The molecule has 1 aromatic rings. The number of nitrogens with one attached hydrogen (secondary N) is 2. The molecule has 0 radical (unpaired) electrons. The summed E-state index contributed by atoms with van der Waals surface area (Å²) < 4.78 is 0. The van der Waals surface area contributed by atoms with E-state index >= 15 is 0 Å². The van der Waals surface area contributed by atoms with Gasteiger partial charge in [-0.15, -0.1) is 0 Å². The van der Waals surface area contributed by atoms with Gasteiger partial charge >= 0.3 is 6.03 Å². The fourth-order valence-electron chi connectivity index (χ4n) is 3.67.